The maximum absolute atomic E-state index is 11.2. The van der Waals surface area contributed by atoms with Gasteiger partial charge in [-0.2, -0.15) is 0 Å². The number of anilines is 1. The average molecular weight is 416 g/mol. The van der Waals surface area contributed by atoms with E-state index in [-0.39, 0.29) is 12.6 Å². The molecule has 0 bridgehead atoms. The van der Waals surface area contributed by atoms with Gasteiger partial charge in [0.05, 0.1) is 6.04 Å². The van der Waals surface area contributed by atoms with Crippen LogP contribution in [0.4, 0.5) is 5.69 Å². The van der Waals surface area contributed by atoms with E-state index >= 15 is 0 Å². The lowest BCUT2D eigenvalue weighted by Crippen LogP contribution is -2.32. The van der Waals surface area contributed by atoms with Gasteiger partial charge in [-0.25, -0.2) is 0 Å². The summed E-state index contributed by atoms with van der Waals surface area (Å²) < 4.78 is 1.15. The summed E-state index contributed by atoms with van der Waals surface area (Å²) in [5.74, 6) is -0.868. The first-order valence-corrected chi connectivity index (χ1v) is 7.92. The van der Waals surface area contributed by atoms with Crippen LogP contribution in [0, 0.1) is 3.57 Å². The first-order chi connectivity index (χ1) is 9.97. The third kappa shape index (κ3) is 4.35. The molecule has 1 unspecified atom stereocenters. The molecule has 0 aromatic heterocycles. The molecule has 0 saturated heterocycles. The van der Waals surface area contributed by atoms with Gasteiger partial charge in [-0.05, 0) is 65.4 Å². The lowest BCUT2D eigenvalue weighted by atomic mass is 10.1. The van der Waals surface area contributed by atoms with E-state index in [1.807, 2.05) is 48.2 Å². The number of hydrogen-bond acceptors (Lipinski definition) is 2. The van der Waals surface area contributed by atoms with Crippen LogP contribution in [-0.4, -0.2) is 17.6 Å². The number of rotatable bonds is 5. The monoisotopic (exact) mass is 415 g/mol. The lowest BCUT2D eigenvalue weighted by molar-refractivity contribution is -0.135. The topological polar surface area (TPSA) is 40.5 Å². The standard InChI is InChI=1S/C16H15ClINO2/c1-11(12-5-7-14(18)8-6-12)19(10-16(20)21)15-4-2-3-13(17)9-15/h2-9,11H,10H2,1H3,(H,20,21). The molecule has 0 fully saturated rings. The van der Waals surface area contributed by atoms with Gasteiger partial charge in [0, 0.05) is 14.3 Å². The molecule has 1 N–H and O–H groups in total. The van der Waals surface area contributed by atoms with Gasteiger partial charge in [0.1, 0.15) is 6.54 Å². The van der Waals surface area contributed by atoms with E-state index in [1.165, 1.54) is 0 Å². The van der Waals surface area contributed by atoms with Crippen LogP contribution in [0.15, 0.2) is 48.5 Å². The average Bonchev–Trinajstić information content (AvgIpc) is 2.44. The van der Waals surface area contributed by atoms with Crippen LogP contribution in [0.3, 0.4) is 0 Å². The highest BCUT2D eigenvalue weighted by molar-refractivity contribution is 14.1. The highest BCUT2D eigenvalue weighted by Crippen LogP contribution is 2.28. The molecular weight excluding hydrogens is 401 g/mol. The predicted molar refractivity (Wildman–Crippen MR) is 94.0 cm³/mol. The summed E-state index contributed by atoms with van der Waals surface area (Å²) in [4.78, 5) is 13.0. The summed E-state index contributed by atoms with van der Waals surface area (Å²) in [5.41, 5.74) is 1.87. The number of nitrogens with zero attached hydrogens (tertiary/aromatic N) is 1. The lowest BCUT2D eigenvalue weighted by Gasteiger charge is -2.30. The van der Waals surface area contributed by atoms with Crippen LogP contribution in [-0.2, 0) is 4.79 Å². The number of aliphatic carboxylic acids is 1. The van der Waals surface area contributed by atoms with E-state index in [0.29, 0.717) is 5.02 Å². The third-order valence-electron chi connectivity index (χ3n) is 3.27. The van der Waals surface area contributed by atoms with Crippen LogP contribution >= 0.6 is 34.2 Å². The minimum atomic E-state index is -0.868. The van der Waals surface area contributed by atoms with Crippen LogP contribution in [0.25, 0.3) is 0 Å². The van der Waals surface area contributed by atoms with Gasteiger partial charge in [-0.1, -0.05) is 29.8 Å². The van der Waals surface area contributed by atoms with Crippen LogP contribution in [0.1, 0.15) is 18.5 Å². The summed E-state index contributed by atoms with van der Waals surface area (Å²) in [6, 6.07) is 15.3. The molecule has 2 aromatic carbocycles. The molecular formula is C16H15ClINO2. The molecule has 0 heterocycles. The molecule has 0 amide bonds. The molecule has 110 valence electrons. The molecule has 0 aliphatic heterocycles. The molecule has 2 aromatic rings. The summed E-state index contributed by atoms with van der Waals surface area (Å²) >= 11 is 8.27. The van der Waals surface area contributed by atoms with E-state index in [4.69, 9.17) is 11.6 Å². The van der Waals surface area contributed by atoms with Crippen molar-refractivity contribution in [1.29, 1.82) is 0 Å². The van der Waals surface area contributed by atoms with Crippen LogP contribution < -0.4 is 4.90 Å². The Balaban J connectivity index is 2.35. The Bertz CT molecular complexity index is 630. The number of carboxylic acids is 1. The van der Waals surface area contributed by atoms with Crippen molar-refractivity contribution < 1.29 is 9.90 Å². The Hall–Kier alpha value is -1.27. The highest BCUT2D eigenvalue weighted by atomic mass is 127. The molecule has 0 aliphatic carbocycles. The van der Waals surface area contributed by atoms with Crippen molar-refractivity contribution in [2.75, 3.05) is 11.4 Å². The summed E-state index contributed by atoms with van der Waals surface area (Å²) in [7, 11) is 0. The third-order valence-corrected chi connectivity index (χ3v) is 4.22. The van der Waals surface area contributed by atoms with Crippen molar-refractivity contribution >= 4 is 45.8 Å². The first kappa shape index (κ1) is 16.1. The number of hydrogen-bond donors (Lipinski definition) is 1. The largest absolute Gasteiger partial charge is 0.480 e. The van der Waals surface area contributed by atoms with E-state index in [9.17, 15) is 9.90 Å². The Morgan fingerprint density at radius 3 is 2.52 bits per heavy atom. The minimum absolute atomic E-state index is 0.0587. The molecule has 0 saturated carbocycles. The van der Waals surface area contributed by atoms with E-state index in [0.717, 1.165) is 14.8 Å². The fourth-order valence-electron chi connectivity index (χ4n) is 2.17. The van der Waals surface area contributed by atoms with Crippen molar-refractivity contribution in [1.82, 2.24) is 0 Å². The van der Waals surface area contributed by atoms with Gasteiger partial charge in [0.15, 0.2) is 0 Å². The normalized spacial score (nSPS) is 12.0. The molecule has 0 aliphatic rings. The van der Waals surface area contributed by atoms with Gasteiger partial charge in [-0.3, -0.25) is 4.79 Å². The molecule has 1 atom stereocenters. The number of halogens is 2. The van der Waals surface area contributed by atoms with Gasteiger partial charge in [0.25, 0.3) is 0 Å². The SMILES string of the molecule is CC(c1ccc(I)cc1)N(CC(=O)O)c1cccc(Cl)c1. The fraction of sp³-hybridized carbons (Fsp3) is 0.188. The quantitative estimate of drug-likeness (QED) is 0.726. The summed E-state index contributed by atoms with van der Waals surface area (Å²) in [5, 5.41) is 9.77. The zero-order valence-electron chi connectivity index (χ0n) is 11.5. The fourth-order valence-corrected chi connectivity index (χ4v) is 2.72. The van der Waals surface area contributed by atoms with Crippen molar-refractivity contribution in [2.24, 2.45) is 0 Å². The molecule has 0 radical (unpaired) electrons. The zero-order chi connectivity index (χ0) is 15.4. The Labute approximate surface area is 142 Å². The van der Waals surface area contributed by atoms with Crippen molar-refractivity contribution in [3.63, 3.8) is 0 Å². The first-order valence-electron chi connectivity index (χ1n) is 6.47. The van der Waals surface area contributed by atoms with Gasteiger partial charge < -0.3 is 10.0 Å². The molecule has 2 rings (SSSR count). The number of carbonyl (C=O) groups is 1. The second-order valence-corrected chi connectivity index (χ2v) is 6.41. The Morgan fingerprint density at radius 2 is 1.95 bits per heavy atom. The molecule has 5 heteroatoms. The smallest absolute Gasteiger partial charge is 0.323 e. The van der Waals surface area contributed by atoms with Gasteiger partial charge in [0.2, 0.25) is 0 Å². The van der Waals surface area contributed by atoms with Gasteiger partial charge >= 0.3 is 5.97 Å². The Kier molecular flexibility index (Phi) is 5.47. The number of benzene rings is 2. The van der Waals surface area contributed by atoms with E-state index in [2.05, 4.69) is 22.6 Å². The van der Waals surface area contributed by atoms with Crippen LogP contribution in [0.2, 0.25) is 5.02 Å². The number of carboxylic acid groups (broad SMARTS) is 1. The highest BCUT2D eigenvalue weighted by Gasteiger charge is 2.19. The summed E-state index contributed by atoms with van der Waals surface area (Å²) in [6.45, 7) is 1.92. The minimum Gasteiger partial charge on any atom is -0.480 e. The van der Waals surface area contributed by atoms with E-state index < -0.39 is 5.97 Å². The molecule has 0 spiro atoms. The van der Waals surface area contributed by atoms with Crippen molar-refractivity contribution in [2.45, 2.75) is 13.0 Å². The van der Waals surface area contributed by atoms with Crippen LogP contribution in [0.5, 0.6) is 0 Å². The second kappa shape index (κ2) is 7.13. The molecule has 3 nitrogen and oxygen atoms in total. The summed E-state index contributed by atoms with van der Waals surface area (Å²) in [6.07, 6.45) is 0. The van der Waals surface area contributed by atoms with Crippen molar-refractivity contribution in [3.8, 4) is 0 Å². The zero-order valence-corrected chi connectivity index (χ0v) is 14.4. The maximum Gasteiger partial charge on any atom is 0.323 e. The Morgan fingerprint density at radius 1 is 1.29 bits per heavy atom. The predicted octanol–water partition coefficient (Wildman–Crippen LogP) is 4.60. The molecule has 21 heavy (non-hydrogen) atoms. The van der Waals surface area contributed by atoms with E-state index in [1.54, 1.807) is 12.1 Å². The maximum atomic E-state index is 11.2. The second-order valence-electron chi connectivity index (χ2n) is 4.73. The van der Waals surface area contributed by atoms with Gasteiger partial charge in [-0.15, -0.1) is 0 Å². The van der Waals surface area contributed by atoms with Crippen molar-refractivity contribution in [3.05, 3.63) is 62.7 Å².